The van der Waals surface area contributed by atoms with Gasteiger partial charge in [-0.15, -0.1) is 0 Å². The van der Waals surface area contributed by atoms with E-state index >= 15 is 0 Å². The van der Waals surface area contributed by atoms with Crippen LogP contribution >= 0.6 is 11.6 Å². The molecule has 1 aliphatic carbocycles. The van der Waals surface area contributed by atoms with Gasteiger partial charge in [-0.2, -0.15) is 0 Å². The second-order valence-electron chi connectivity index (χ2n) is 3.57. The molecule has 0 aromatic heterocycles. The summed E-state index contributed by atoms with van der Waals surface area (Å²) in [6.07, 6.45) is -0.770. The third-order valence-corrected chi connectivity index (χ3v) is 2.81. The maximum Gasteiger partial charge on any atom is 0.272 e. The minimum absolute atomic E-state index is 0.418. The molecule has 2 rings (SSSR count). The fraction of sp³-hybridized carbons (Fsp3) is 0.333. The minimum Gasteiger partial charge on any atom is -0.316 e. The van der Waals surface area contributed by atoms with E-state index in [1.165, 1.54) is 0 Å². The summed E-state index contributed by atoms with van der Waals surface area (Å²) in [6, 6.07) is 1.78. The minimum atomic E-state index is -3.28. The molecule has 0 heterocycles. The lowest BCUT2D eigenvalue weighted by Gasteiger charge is -2.13. The van der Waals surface area contributed by atoms with Crippen molar-refractivity contribution >= 4 is 11.6 Å². The van der Waals surface area contributed by atoms with Crippen LogP contribution in [-0.2, 0) is 5.54 Å². The summed E-state index contributed by atoms with van der Waals surface area (Å²) in [6.45, 7) is 0. The van der Waals surface area contributed by atoms with E-state index in [-0.39, 0.29) is 0 Å². The average Bonchev–Trinajstić information content (AvgIpc) is 2.60. The van der Waals surface area contributed by atoms with E-state index in [2.05, 4.69) is 0 Å². The summed E-state index contributed by atoms with van der Waals surface area (Å²) in [5, 5.41) is -0.418. The molecule has 0 spiro atoms. The molecule has 0 aliphatic heterocycles. The lowest BCUT2D eigenvalue weighted by molar-refractivity contribution is 0.0871. The first-order valence-electron chi connectivity index (χ1n) is 4.10. The van der Waals surface area contributed by atoms with Gasteiger partial charge in [0.2, 0.25) is 0 Å². The molecule has 0 radical (unpaired) electrons. The fourth-order valence-electron chi connectivity index (χ4n) is 1.51. The van der Waals surface area contributed by atoms with Crippen LogP contribution in [0.3, 0.4) is 0 Å². The van der Waals surface area contributed by atoms with Gasteiger partial charge in [-0.05, 0) is 12.1 Å². The van der Waals surface area contributed by atoms with Crippen molar-refractivity contribution in [3.05, 3.63) is 34.4 Å². The molecule has 6 heteroatoms. The molecule has 1 fully saturated rings. The average molecular weight is 240 g/mol. The van der Waals surface area contributed by atoms with E-state index in [9.17, 15) is 17.6 Å². The second-order valence-corrected chi connectivity index (χ2v) is 3.98. The Bertz CT molecular complexity index is 434. The summed E-state index contributed by atoms with van der Waals surface area (Å²) in [7, 11) is 0. The van der Waals surface area contributed by atoms with E-state index in [0.29, 0.717) is 0 Å². The number of hydrogen-bond acceptors (Lipinski definition) is 1. The smallest absolute Gasteiger partial charge is 0.272 e. The Morgan fingerprint density at radius 1 is 1.27 bits per heavy atom. The van der Waals surface area contributed by atoms with Gasteiger partial charge in [0.05, 0.1) is 10.6 Å². The highest BCUT2D eigenvalue weighted by atomic mass is 35.5. The zero-order valence-corrected chi connectivity index (χ0v) is 8.08. The maximum absolute atomic E-state index is 13.4. The highest BCUT2D eigenvalue weighted by Gasteiger charge is 2.71. The van der Waals surface area contributed by atoms with Gasteiger partial charge >= 0.3 is 0 Å². The van der Waals surface area contributed by atoms with E-state index in [4.69, 9.17) is 17.3 Å². The van der Waals surface area contributed by atoms with E-state index in [0.717, 1.165) is 12.1 Å². The molecule has 0 amide bonds. The number of nitrogens with two attached hydrogens (primary N) is 1. The Morgan fingerprint density at radius 2 is 1.80 bits per heavy atom. The maximum atomic E-state index is 13.4. The predicted octanol–water partition coefficient (Wildman–Crippen LogP) is 2.81. The molecule has 2 N–H and O–H groups in total. The predicted molar refractivity (Wildman–Crippen MR) is 46.8 cm³/mol. The molecule has 1 atom stereocenters. The number of halogens is 5. The Morgan fingerprint density at radius 3 is 2.27 bits per heavy atom. The van der Waals surface area contributed by atoms with Gasteiger partial charge in [-0.3, -0.25) is 0 Å². The standard InChI is InChI=1S/C9H6ClF4N/c10-4-1-2-5(11)6(7(4)12)8(15)3-9(8,13)14/h1-2H,3,15H2. The van der Waals surface area contributed by atoms with Crippen LogP contribution in [0.4, 0.5) is 17.6 Å². The molecule has 0 bridgehead atoms. The zero-order valence-electron chi connectivity index (χ0n) is 7.33. The van der Waals surface area contributed by atoms with Crippen LogP contribution < -0.4 is 5.73 Å². The Kier molecular flexibility index (Phi) is 2.04. The number of rotatable bonds is 1. The molecule has 1 aliphatic rings. The molecule has 1 nitrogen and oxygen atoms in total. The first kappa shape index (κ1) is 10.7. The monoisotopic (exact) mass is 239 g/mol. The third-order valence-electron chi connectivity index (χ3n) is 2.52. The first-order chi connectivity index (χ1) is 6.79. The number of hydrogen-bond donors (Lipinski definition) is 1. The lowest BCUT2D eigenvalue weighted by Crippen LogP contribution is -2.29. The van der Waals surface area contributed by atoms with E-state index in [1.54, 1.807) is 0 Å². The van der Waals surface area contributed by atoms with Crippen molar-refractivity contribution in [2.45, 2.75) is 17.9 Å². The molecule has 82 valence electrons. The van der Waals surface area contributed by atoms with Crippen molar-refractivity contribution in [3.63, 3.8) is 0 Å². The largest absolute Gasteiger partial charge is 0.316 e. The summed E-state index contributed by atoms with van der Waals surface area (Å²) >= 11 is 5.37. The first-order valence-corrected chi connectivity index (χ1v) is 4.48. The number of alkyl halides is 2. The van der Waals surface area contributed by atoms with Crippen LogP contribution in [0.25, 0.3) is 0 Å². The van der Waals surface area contributed by atoms with Crippen LogP contribution in [0, 0.1) is 11.6 Å². The normalized spacial score (nSPS) is 27.9. The molecule has 1 aromatic carbocycles. The van der Waals surface area contributed by atoms with E-state index in [1.807, 2.05) is 0 Å². The van der Waals surface area contributed by atoms with E-state index < -0.39 is 40.1 Å². The summed E-state index contributed by atoms with van der Waals surface area (Å²) in [5.74, 6) is -5.59. The van der Waals surface area contributed by atoms with Gasteiger partial charge in [0.25, 0.3) is 5.92 Å². The molecule has 1 saturated carbocycles. The van der Waals surface area contributed by atoms with Crippen LogP contribution in [0.5, 0.6) is 0 Å². The highest BCUT2D eigenvalue weighted by Crippen LogP contribution is 2.58. The van der Waals surface area contributed by atoms with Crippen LogP contribution in [0.1, 0.15) is 12.0 Å². The highest BCUT2D eigenvalue weighted by molar-refractivity contribution is 6.30. The summed E-state index contributed by atoms with van der Waals surface area (Å²) in [4.78, 5) is 0. The lowest BCUT2D eigenvalue weighted by atomic mass is 10.0. The van der Waals surface area contributed by atoms with Crippen molar-refractivity contribution in [2.75, 3.05) is 0 Å². The third kappa shape index (κ3) is 1.33. The topological polar surface area (TPSA) is 26.0 Å². The molecule has 1 unspecified atom stereocenters. The summed E-state index contributed by atoms with van der Waals surface area (Å²) in [5.41, 5.74) is 2.14. The fourth-order valence-corrected chi connectivity index (χ4v) is 1.67. The van der Waals surface area contributed by atoms with Crippen molar-refractivity contribution < 1.29 is 17.6 Å². The molecular weight excluding hydrogens is 234 g/mol. The van der Waals surface area contributed by atoms with Crippen LogP contribution in [0.2, 0.25) is 5.02 Å². The van der Waals surface area contributed by atoms with Crippen molar-refractivity contribution in [1.29, 1.82) is 0 Å². The van der Waals surface area contributed by atoms with Gasteiger partial charge < -0.3 is 5.73 Å². The van der Waals surface area contributed by atoms with Crippen molar-refractivity contribution in [1.82, 2.24) is 0 Å². The van der Waals surface area contributed by atoms with Crippen LogP contribution in [0.15, 0.2) is 12.1 Å². The Hall–Kier alpha value is -0.810. The molecular formula is C9H6ClF4N. The SMILES string of the molecule is NC1(c2c(F)ccc(Cl)c2F)CC1(F)F. The summed E-state index contributed by atoms with van der Waals surface area (Å²) < 4.78 is 52.3. The zero-order chi connectivity index (χ0) is 11.4. The quantitative estimate of drug-likeness (QED) is 0.592. The molecule has 15 heavy (non-hydrogen) atoms. The van der Waals surface area contributed by atoms with Gasteiger partial charge in [0.1, 0.15) is 17.2 Å². The van der Waals surface area contributed by atoms with Gasteiger partial charge in [-0.25, -0.2) is 17.6 Å². The Labute approximate surface area is 87.8 Å². The Balaban J connectivity index is 2.60. The van der Waals surface area contributed by atoms with Gasteiger partial charge in [0.15, 0.2) is 0 Å². The molecule has 0 saturated heterocycles. The van der Waals surface area contributed by atoms with Gasteiger partial charge in [0, 0.05) is 6.42 Å². The second kappa shape index (κ2) is 2.86. The van der Waals surface area contributed by atoms with Crippen molar-refractivity contribution in [3.8, 4) is 0 Å². The van der Waals surface area contributed by atoms with Gasteiger partial charge in [-0.1, -0.05) is 11.6 Å². The number of benzene rings is 1. The van der Waals surface area contributed by atoms with Crippen molar-refractivity contribution in [2.24, 2.45) is 5.73 Å². The molecule has 1 aromatic rings. The van der Waals surface area contributed by atoms with Crippen LogP contribution in [-0.4, -0.2) is 5.92 Å².